The molecule has 0 aliphatic rings. The molecule has 0 amide bonds. The second-order valence-electron chi connectivity index (χ2n) is 2.21. The van der Waals surface area contributed by atoms with Crippen LogP contribution in [0.15, 0.2) is 12.3 Å². The molecule has 0 aliphatic carbocycles. The molecule has 3 nitrogen and oxygen atoms in total. The van der Waals surface area contributed by atoms with E-state index >= 15 is 0 Å². The number of carbonyl (C=O) groups is 1. The standard InChI is InChI=1S/C8H7ClFNO2/c1-2-13-8(12)6-3-5(9)4-11-7(6)10/h3-4H,2H2,1H3. The van der Waals surface area contributed by atoms with Gasteiger partial charge in [-0.1, -0.05) is 11.6 Å². The zero-order valence-corrected chi connectivity index (χ0v) is 7.64. The number of halogens is 2. The summed E-state index contributed by atoms with van der Waals surface area (Å²) in [6.45, 7) is 1.82. The molecule has 1 rings (SSSR count). The normalized spacial score (nSPS) is 9.77. The maximum absolute atomic E-state index is 12.9. The van der Waals surface area contributed by atoms with Gasteiger partial charge in [0.05, 0.1) is 11.6 Å². The zero-order chi connectivity index (χ0) is 9.84. The van der Waals surface area contributed by atoms with Crippen molar-refractivity contribution in [3.8, 4) is 0 Å². The van der Waals surface area contributed by atoms with Crippen molar-refractivity contribution in [1.29, 1.82) is 0 Å². The number of rotatable bonds is 2. The smallest absolute Gasteiger partial charge is 0.342 e. The third-order valence-electron chi connectivity index (χ3n) is 1.30. The minimum atomic E-state index is -0.872. The molecular weight excluding hydrogens is 197 g/mol. The van der Waals surface area contributed by atoms with Gasteiger partial charge in [0.25, 0.3) is 0 Å². The van der Waals surface area contributed by atoms with Gasteiger partial charge in [0.1, 0.15) is 5.56 Å². The van der Waals surface area contributed by atoms with Gasteiger partial charge >= 0.3 is 5.97 Å². The van der Waals surface area contributed by atoms with Gasteiger partial charge in [-0.05, 0) is 13.0 Å². The van der Waals surface area contributed by atoms with Crippen molar-refractivity contribution in [2.75, 3.05) is 6.61 Å². The molecule has 5 heteroatoms. The van der Waals surface area contributed by atoms with Gasteiger partial charge in [0.15, 0.2) is 0 Å². The van der Waals surface area contributed by atoms with E-state index in [1.165, 1.54) is 6.07 Å². The summed E-state index contributed by atoms with van der Waals surface area (Å²) in [4.78, 5) is 14.3. The van der Waals surface area contributed by atoms with E-state index in [0.29, 0.717) is 0 Å². The lowest BCUT2D eigenvalue weighted by atomic mass is 10.3. The highest BCUT2D eigenvalue weighted by molar-refractivity contribution is 6.30. The van der Waals surface area contributed by atoms with E-state index in [9.17, 15) is 9.18 Å². The minimum absolute atomic E-state index is 0.185. The Morgan fingerprint density at radius 1 is 1.77 bits per heavy atom. The number of aromatic nitrogens is 1. The van der Waals surface area contributed by atoms with Crippen LogP contribution in [0.4, 0.5) is 4.39 Å². The maximum atomic E-state index is 12.9. The van der Waals surface area contributed by atoms with E-state index in [4.69, 9.17) is 11.6 Å². The topological polar surface area (TPSA) is 39.2 Å². The molecule has 0 radical (unpaired) electrons. The molecule has 1 aromatic heterocycles. The number of carbonyl (C=O) groups excluding carboxylic acids is 1. The van der Waals surface area contributed by atoms with Crippen molar-refractivity contribution >= 4 is 17.6 Å². The Bertz CT molecular complexity index is 330. The van der Waals surface area contributed by atoms with Gasteiger partial charge in [0.2, 0.25) is 5.95 Å². The van der Waals surface area contributed by atoms with Crippen molar-refractivity contribution in [1.82, 2.24) is 4.98 Å². The van der Waals surface area contributed by atoms with Gasteiger partial charge < -0.3 is 4.74 Å². The predicted octanol–water partition coefficient (Wildman–Crippen LogP) is 2.05. The Kier molecular flexibility index (Phi) is 3.19. The van der Waals surface area contributed by atoms with Crippen LogP contribution in [0.25, 0.3) is 0 Å². The highest BCUT2D eigenvalue weighted by Gasteiger charge is 2.13. The number of pyridine rings is 1. The number of ether oxygens (including phenoxy) is 1. The first-order valence-electron chi connectivity index (χ1n) is 3.63. The van der Waals surface area contributed by atoms with Gasteiger partial charge in [-0.25, -0.2) is 9.78 Å². The van der Waals surface area contributed by atoms with Gasteiger partial charge in [-0.3, -0.25) is 0 Å². The van der Waals surface area contributed by atoms with E-state index in [2.05, 4.69) is 9.72 Å². The largest absolute Gasteiger partial charge is 0.462 e. The Hall–Kier alpha value is -1.16. The van der Waals surface area contributed by atoms with E-state index < -0.39 is 11.9 Å². The molecule has 0 aliphatic heterocycles. The molecule has 0 saturated heterocycles. The summed E-state index contributed by atoms with van der Waals surface area (Å²) in [7, 11) is 0. The van der Waals surface area contributed by atoms with Crippen LogP contribution < -0.4 is 0 Å². The summed E-state index contributed by atoms with van der Waals surface area (Å²) >= 11 is 5.52. The highest BCUT2D eigenvalue weighted by Crippen LogP contribution is 2.12. The molecule has 0 aromatic carbocycles. The molecule has 1 aromatic rings. The Balaban J connectivity index is 2.99. The number of hydrogen-bond acceptors (Lipinski definition) is 3. The van der Waals surface area contributed by atoms with Crippen LogP contribution in [0.2, 0.25) is 5.02 Å². The average Bonchev–Trinajstić information content (AvgIpc) is 2.09. The van der Waals surface area contributed by atoms with Crippen LogP contribution in [-0.2, 0) is 4.74 Å². The van der Waals surface area contributed by atoms with Crippen molar-refractivity contribution < 1.29 is 13.9 Å². The molecule has 13 heavy (non-hydrogen) atoms. The summed E-state index contributed by atoms with van der Waals surface area (Å²) in [5.74, 6) is -1.63. The Morgan fingerprint density at radius 3 is 3.08 bits per heavy atom. The predicted molar refractivity (Wildman–Crippen MR) is 45.2 cm³/mol. The molecular formula is C8H7ClFNO2. The van der Waals surface area contributed by atoms with Crippen molar-refractivity contribution in [3.63, 3.8) is 0 Å². The lowest BCUT2D eigenvalue weighted by molar-refractivity contribution is 0.0520. The second-order valence-corrected chi connectivity index (χ2v) is 2.65. The first kappa shape index (κ1) is 9.92. The van der Waals surface area contributed by atoms with Gasteiger partial charge in [-0.15, -0.1) is 0 Å². The maximum Gasteiger partial charge on any atom is 0.342 e. The summed E-state index contributed by atoms with van der Waals surface area (Å²) in [6.07, 6.45) is 1.12. The van der Waals surface area contributed by atoms with Gasteiger partial charge in [0, 0.05) is 6.20 Å². The second kappa shape index (κ2) is 4.18. The quantitative estimate of drug-likeness (QED) is 0.546. The fraction of sp³-hybridized carbons (Fsp3) is 0.250. The van der Waals surface area contributed by atoms with E-state index in [1.54, 1.807) is 6.92 Å². The molecule has 0 N–H and O–H groups in total. The van der Waals surface area contributed by atoms with Crippen LogP contribution in [0.1, 0.15) is 17.3 Å². The molecule has 0 spiro atoms. The first-order chi connectivity index (χ1) is 6.15. The lowest BCUT2D eigenvalue weighted by Gasteiger charge is -2.01. The molecule has 0 bridgehead atoms. The van der Waals surface area contributed by atoms with Crippen LogP contribution in [0, 0.1) is 5.95 Å². The molecule has 0 unspecified atom stereocenters. The summed E-state index contributed by atoms with van der Waals surface area (Å²) in [6, 6.07) is 1.18. The van der Waals surface area contributed by atoms with Crippen LogP contribution in [0.3, 0.4) is 0 Å². The highest BCUT2D eigenvalue weighted by atomic mass is 35.5. The molecule has 0 fully saturated rings. The van der Waals surface area contributed by atoms with Crippen molar-refractivity contribution in [3.05, 3.63) is 28.8 Å². The number of esters is 1. The molecule has 0 atom stereocenters. The van der Waals surface area contributed by atoms with E-state index in [0.717, 1.165) is 6.20 Å². The fourth-order valence-corrected chi connectivity index (χ4v) is 0.932. The minimum Gasteiger partial charge on any atom is -0.462 e. The third-order valence-corrected chi connectivity index (χ3v) is 1.51. The summed E-state index contributed by atoms with van der Waals surface area (Å²) < 4.78 is 17.5. The summed E-state index contributed by atoms with van der Waals surface area (Å²) in [5, 5.41) is 0.199. The summed E-state index contributed by atoms with van der Waals surface area (Å²) in [5.41, 5.74) is -0.241. The van der Waals surface area contributed by atoms with Crippen LogP contribution in [0.5, 0.6) is 0 Å². The van der Waals surface area contributed by atoms with Gasteiger partial charge in [-0.2, -0.15) is 4.39 Å². The molecule has 1 heterocycles. The number of hydrogen-bond donors (Lipinski definition) is 0. The Morgan fingerprint density at radius 2 is 2.46 bits per heavy atom. The third kappa shape index (κ3) is 2.39. The SMILES string of the molecule is CCOC(=O)c1cc(Cl)cnc1F. The fourth-order valence-electron chi connectivity index (χ4n) is 0.775. The van der Waals surface area contributed by atoms with Crippen molar-refractivity contribution in [2.45, 2.75) is 6.92 Å². The van der Waals surface area contributed by atoms with E-state index in [1.807, 2.05) is 0 Å². The average molecular weight is 204 g/mol. The molecule has 0 saturated carbocycles. The van der Waals surface area contributed by atoms with Crippen LogP contribution >= 0.6 is 11.6 Å². The number of nitrogens with zero attached hydrogens (tertiary/aromatic N) is 1. The zero-order valence-electron chi connectivity index (χ0n) is 6.88. The molecule has 70 valence electrons. The van der Waals surface area contributed by atoms with Crippen molar-refractivity contribution in [2.24, 2.45) is 0 Å². The Labute approximate surface area is 79.5 Å². The first-order valence-corrected chi connectivity index (χ1v) is 4.01. The van der Waals surface area contributed by atoms with E-state index in [-0.39, 0.29) is 17.2 Å². The van der Waals surface area contributed by atoms with Crippen LogP contribution in [-0.4, -0.2) is 17.6 Å². The lowest BCUT2D eigenvalue weighted by Crippen LogP contribution is -2.08. The monoisotopic (exact) mass is 203 g/mol.